The summed E-state index contributed by atoms with van der Waals surface area (Å²) in [6.45, 7) is 2.17. The molecule has 17 heavy (non-hydrogen) atoms. The fourth-order valence-corrected chi connectivity index (χ4v) is 3.43. The van der Waals surface area contributed by atoms with Gasteiger partial charge in [0.2, 0.25) is 11.0 Å². The van der Waals surface area contributed by atoms with Crippen LogP contribution < -0.4 is 4.90 Å². The summed E-state index contributed by atoms with van der Waals surface area (Å²) in [5.74, 6) is 0.972. The van der Waals surface area contributed by atoms with Crippen LogP contribution in [0.15, 0.2) is 3.92 Å². The molecule has 0 saturated carbocycles. The van der Waals surface area contributed by atoms with Gasteiger partial charge in [-0.2, -0.15) is 0 Å². The van der Waals surface area contributed by atoms with E-state index in [9.17, 15) is 9.59 Å². The summed E-state index contributed by atoms with van der Waals surface area (Å²) in [5.41, 5.74) is 0. The molecule has 0 N–H and O–H groups in total. The molecule has 1 amide bonds. The number of carbonyl (C=O) groups is 2. The molecule has 0 radical (unpaired) electrons. The van der Waals surface area contributed by atoms with Crippen molar-refractivity contribution >= 4 is 55.2 Å². The second kappa shape index (κ2) is 5.45. The SMILES string of the molecule is CC(=O)SCC1CC(=O)N(c2nnc(Br)s2)C1. The van der Waals surface area contributed by atoms with Crippen molar-refractivity contribution in [3.63, 3.8) is 0 Å². The van der Waals surface area contributed by atoms with Crippen molar-refractivity contribution in [2.45, 2.75) is 13.3 Å². The molecule has 1 fully saturated rings. The molecular formula is C9H10BrN3O2S2. The van der Waals surface area contributed by atoms with Crippen LogP contribution in [0.5, 0.6) is 0 Å². The highest BCUT2D eigenvalue weighted by Gasteiger charge is 2.32. The zero-order valence-electron chi connectivity index (χ0n) is 9.05. The van der Waals surface area contributed by atoms with Gasteiger partial charge in [0, 0.05) is 25.6 Å². The number of halogens is 1. The second-order valence-corrected chi connectivity index (χ2v) is 7.14. The monoisotopic (exact) mass is 335 g/mol. The summed E-state index contributed by atoms with van der Waals surface area (Å²) in [5, 5.41) is 8.47. The summed E-state index contributed by atoms with van der Waals surface area (Å²) in [7, 11) is 0. The maximum absolute atomic E-state index is 11.8. The number of nitrogens with zero attached hydrogens (tertiary/aromatic N) is 3. The van der Waals surface area contributed by atoms with Crippen LogP contribution in [0.1, 0.15) is 13.3 Å². The minimum Gasteiger partial charge on any atom is -0.288 e. The lowest BCUT2D eigenvalue weighted by Gasteiger charge is -2.11. The topological polar surface area (TPSA) is 63.2 Å². The smallest absolute Gasteiger partial charge is 0.229 e. The van der Waals surface area contributed by atoms with E-state index in [2.05, 4.69) is 26.1 Å². The fourth-order valence-electron chi connectivity index (χ4n) is 1.62. The van der Waals surface area contributed by atoms with E-state index in [0.29, 0.717) is 27.8 Å². The van der Waals surface area contributed by atoms with Gasteiger partial charge in [-0.15, -0.1) is 10.2 Å². The van der Waals surface area contributed by atoms with Crippen molar-refractivity contribution in [1.29, 1.82) is 0 Å². The Morgan fingerprint density at radius 1 is 1.65 bits per heavy atom. The summed E-state index contributed by atoms with van der Waals surface area (Å²) < 4.78 is 0.668. The van der Waals surface area contributed by atoms with Crippen molar-refractivity contribution in [2.24, 2.45) is 5.92 Å². The minimum absolute atomic E-state index is 0.0582. The minimum atomic E-state index is 0.0582. The number of anilines is 1. The first-order valence-electron chi connectivity index (χ1n) is 4.99. The van der Waals surface area contributed by atoms with E-state index in [1.165, 1.54) is 23.1 Å². The molecule has 0 bridgehead atoms. The number of rotatable bonds is 3. The van der Waals surface area contributed by atoms with Crippen molar-refractivity contribution in [1.82, 2.24) is 10.2 Å². The van der Waals surface area contributed by atoms with Gasteiger partial charge in [-0.3, -0.25) is 14.5 Å². The zero-order chi connectivity index (χ0) is 12.4. The highest BCUT2D eigenvalue weighted by molar-refractivity contribution is 9.11. The molecule has 0 aromatic carbocycles. The first kappa shape index (κ1) is 13.0. The van der Waals surface area contributed by atoms with E-state index in [1.807, 2.05) is 0 Å². The first-order valence-corrected chi connectivity index (χ1v) is 7.58. The third-order valence-corrected chi connectivity index (χ3v) is 4.77. The van der Waals surface area contributed by atoms with Crippen molar-refractivity contribution in [3.05, 3.63) is 3.92 Å². The average Bonchev–Trinajstić information content (AvgIpc) is 2.82. The van der Waals surface area contributed by atoms with Crippen LogP contribution in [0, 0.1) is 5.92 Å². The van der Waals surface area contributed by atoms with Crippen LogP contribution >= 0.6 is 39.0 Å². The molecule has 1 unspecified atom stereocenters. The molecule has 1 aromatic rings. The largest absolute Gasteiger partial charge is 0.288 e. The lowest BCUT2D eigenvalue weighted by atomic mass is 10.1. The predicted molar refractivity (Wildman–Crippen MR) is 71.2 cm³/mol. The van der Waals surface area contributed by atoms with Crippen LogP contribution in [-0.2, 0) is 9.59 Å². The first-order chi connectivity index (χ1) is 8.06. The third-order valence-electron chi connectivity index (χ3n) is 2.35. The van der Waals surface area contributed by atoms with Crippen LogP contribution in [0.2, 0.25) is 0 Å². The summed E-state index contributed by atoms with van der Waals surface area (Å²) >= 11 is 5.84. The lowest BCUT2D eigenvalue weighted by molar-refractivity contribution is -0.117. The number of hydrogen-bond acceptors (Lipinski definition) is 6. The van der Waals surface area contributed by atoms with Gasteiger partial charge >= 0.3 is 0 Å². The number of thioether (sulfide) groups is 1. The van der Waals surface area contributed by atoms with Gasteiger partial charge < -0.3 is 0 Å². The molecule has 1 aromatic heterocycles. The Bertz CT molecular complexity index is 451. The molecule has 5 nitrogen and oxygen atoms in total. The Hall–Kier alpha value is -0.470. The Balaban J connectivity index is 1.98. The molecule has 2 rings (SSSR count). The van der Waals surface area contributed by atoms with E-state index < -0.39 is 0 Å². The Morgan fingerprint density at radius 3 is 3.00 bits per heavy atom. The Kier molecular flexibility index (Phi) is 4.16. The fraction of sp³-hybridized carbons (Fsp3) is 0.556. The van der Waals surface area contributed by atoms with Gasteiger partial charge in [-0.1, -0.05) is 23.1 Å². The number of amides is 1. The highest BCUT2D eigenvalue weighted by Crippen LogP contribution is 2.30. The summed E-state index contributed by atoms with van der Waals surface area (Å²) in [6, 6.07) is 0. The average molecular weight is 336 g/mol. The standard InChI is InChI=1S/C9H10BrN3O2S2/c1-5(14)16-4-6-2-7(15)13(3-6)9-12-11-8(10)17-9/h6H,2-4H2,1H3. The molecule has 1 saturated heterocycles. The van der Waals surface area contributed by atoms with E-state index in [-0.39, 0.29) is 16.9 Å². The maximum atomic E-state index is 11.8. The highest BCUT2D eigenvalue weighted by atomic mass is 79.9. The van der Waals surface area contributed by atoms with Gasteiger partial charge in [0.05, 0.1) is 0 Å². The number of aromatic nitrogens is 2. The summed E-state index contributed by atoms with van der Waals surface area (Å²) in [4.78, 5) is 24.3. The molecule has 8 heteroatoms. The molecule has 92 valence electrons. The van der Waals surface area contributed by atoms with Gasteiger partial charge in [-0.25, -0.2) is 0 Å². The normalized spacial score (nSPS) is 20.0. The Morgan fingerprint density at radius 2 is 2.41 bits per heavy atom. The van der Waals surface area contributed by atoms with E-state index in [1.54, 1.807) is 11.8 Å². The third kappa shape index (κ3) is 3.26. The maximum Gasteiger partial charge on any atom is 0.229 e. The van der Waals surface area contributed by atoms with Gasteiger partial charge in [-0.05, 0) is 21.8 Å². The molecule has 1 atom stereocenters. The van der Waals surface area contributed by atoms with Crippen molar-refractivity contribution in [3.8, 4) is 0 Å². The van der Waals surface area contributed by atoms with Gasteiger partial charge in [0.25, 0.3) is 0 Å². The second-order valence-electron chi connectivity index (χ2n) is 3.71. The molecule has 1 aliphatic rings. The van der Waals surface area contributed by atoms with Gasteiger partial charge in [0.15, 0.2) is 9.03 Å². The predicted octanol–water partition coefficient (Wildman–Crippen LogP) is 1.93. The molecule has 0 spiro atoms. The van der Waals surface area contributed by atoms with E-state index in [4.69, 9.17) is 0 Å². The zero-order valence-corrected chi connectivity index (χ0v) is 12.3. The quantitative estimate of drug-likeness (QED) is 0.844. The van der Waals surface area contributed by atoms with Gasteiger partial charge in [0.1, 0.15) is 0 Å². The molecule has 2 heterocycles. The van der Waals surface area contributed by atoms with Crippen LogP contribution in [0.3, 0.4) is 0 Å². The number of hydrogen-bond donors (Lipinski definition) is 0. The lowest BCUT2D eigenvalue weighted by Crippen LogP contribution is -2.24. The van der Waals surface area contributed by atoms with Crippen molar-refractivity contribution < 1.29 is 9.59 Å². The molecule has 1 aliphatic heterocycles. The van der Waals surface area contributed by atoms with E-state index in [0.717, 1.165) is 0 Å². The van der Waals surface area contributed by atoms with Crippen LogP contribution in [0.4, 0.5) is 5.13 Å². The summed E-state index contributed by atoms with van der Waals surface area (Å²) in [6.07, 6.45) is 0.484. The van der Waals surface area contributed by atoms with Crippen LogP contribution in [-0.4, -0.2) is 33.5 Å². The Labute approximate surface area is 115 Å². The van der Waals surface area contributed by atoms with Crippen LogP contribution in [0.25, 0.3) is 0 Å². The molecular weight excluding hydrogens is 326 g/mol. The number of carbonyl (C=O) groups excluding carboxylic acids is 2. The van der Waals surface area contributed by atoms with E-state index >= 15 is 0 Å². The molecule has 0 aliphatic carbocycles. The van der Waals surface area contributed by atoms with Crippen molar-refractivity contribution in [2.75, 3.05) is 17.2 Å².